The van der Waals surface area contributed by atoms with Crippen LogP contribution in [0.4, 0.5) is 18.9 Å². The molecule has 5 rings (SSSR count). The number of hydrogen-bond acceptors (Lipinski definition) is 4. The van der Waals surface area contributed by atoms with Crippen molar-refractivity contribution < 1.29 is 17.9 Å². The van der Waals surface area contributed by atoms with Crippen LogP contribution >= 0.6 is 35.4 Å². The Morgan fingerprint density at radius 3 is 2.53 bits per heavy atom. The van der Waals surface area contributed by atoms with Crippen LogP contribution in [0.1, 0.15) is 5.56 Å². The fraction of sp³-hybridized carbons (Fsp3) is 0.0385. The van der Waals surface area contributed by atoms with Gasteiger partial charge >= 0.3 is 6.36 Å². The maximum Gasteiger partial charge on any atom is 0.573 e. The van der Waals surface area contributed by atoms with Gasteiger partial charge in [-0.25, -0.2) is 4.98 Å². The van der Waals surface area contributed by atoms with Crippen LogP contribution in [0.3, 0.4) is 0 Å². The van der Waals surface area contributed by atoms with Crippen molar-refractivity contribution in [1.82, 2.24) is 15.0 Å². The van der Waals surface area contributed by atoms with E-state index in [0.29, 0.717) is 21.4 Å². The number of benzene rings is 4. The van der Waals surface area contributed by atoms with Crippen molar-refractivity contribution >= 4 is 74.2 Å². The summed E-state index contributed by atoms with van der Waals surface area (Å²) in [5.41, 5.74) is 6.39. The first-order valence-corrected chi connectivity index (χ1v) is 12.1. The lowest BCUT2D eigenvalue weighted by molar-refractivity contribution is -0.274. The summed E-state index contributed by atoms with van der Waals surface area (Å²) in [5.74, 6) is -0.287. The minimum Gasteiger partial charge on any atom is -0.406 e. The molecule has 0 atom stereocenters. The van der Waals surface area contributed by atoms with Gasteiger partial charge in [0.1, 0.15) is 12.1 Å². The summed E-state index contributed by atoms with van der Waals surface area (Å²) in [7, 11) is 0. The van der Waals surface area contributed by atoms with E-state index in [1.165, 1.54) is 12.1 Å². The van der Waals surface area contributed by atoms with Crippen LogP contribution in [-0.4, -0.2) is 27.2 Å². The molecule has 0 bridgehead atoms. The predicted octanol–water partition coefficient (Wildman–Crippen LogP) is 7.70. The molecule has 12 heteroatoms. The molecule has 6 nitrogen and oxygen atoms in total. The second kappa shape index (κ2) is 10.5. The van der Waals surface area contributed by atoms with Gasteiger partial charge in [0.05, 0.1) is 28.0 Å². The number of nitrogens with one attached hydrogen (secondary N) is 2. The lowest BCUT2D eigenvalue weighted by atomic mass is 10.1. The fourth-order valence-corrected chi connectivity index (χ4v) is 4.45. The fourth-order valence-electron chi connectivity index (χ4n) is 3.83. The van der Waals surface area contributed by atoms with Crippen molar-refractivity contribution in [2.24, 2.45) is 5.10 Å². The molecule has 0 aliphatic carbocycles. The first-order valence-electron chi connectivity index (χ1n) is 11.0. The number of hydrazone groups is 1. The zero-order valence-electron chi connectivity index (χ0n) is 19.1. The number of anilines is 1. The molecule has 0 aliphatic rings. The van der Waals surface area contributed by atoms with Gasteiger partial charge in [-0.1, -0.05) is 41.4 Å². The Morgan fingerprint density at radius 1 is 1.00 bits per heavy atom. The highest BCUT2D eigenvalue weighted by Crippen LogP contribution is 2.29. The molecule has 1 aromatic heterocycles. The topological polar surface area (TPSA) is 63.5 Å². The Morgan fingerprint density at radius 2 is 1.79 bits per heavy atom. The standard InChI is InChI=1S/C26H16Cl2F3N5OS/c27-17-3-9-22(21(28)12-17)34-25(38)35-33-13-15-1-8-20-16(11-15)2-10-23-24(20)32-14-36(23)18-4-6-19(7-5-18)37-26(29,30)31/h1-14H,(H2,34,35,38)/b33-13+. The van der Waals surface area contributed by atoms with Crippen LogP contribution < -0.4 is 15.5 Å². The van der Waals surface area contributed by atoms with Crippen LogP contribution in [0.2, 0.25) is 10.0 Å². The van der Waals surface area contributed by atoms with Crippen molar-refractivity contribution in [2.75, 3.05) is 5.32 Å². The third-order valence-corrected chi connectivity index (χ3v) is 6.20. The van der Waals surface area contributed by atoms with Crippen LogP contribution in [-0.2, 0) is 0 Å². The second-order valence-electron chi connectivity index (χ2n) is 8.02. The largest absolute Gasteiger partial charge is 0.573 e. The average molecular weight is 574 g/mol. The Hall–Kier alpha value is -3.86. The third-order valence-electron chi connectivity index (χ3n) is 5.46. The molecular formula is C26H16Cl2F3N5OS. The molecule has 0 spiro atoms. The summed E-state index contributed by atoms with van der Waals surface area (Å²) in [6.45, 7) is 0. The maximum atomic E-state index is 12.4. The Bertz CT molecular complexity index is 1690. The van der Waals surface area contributed by atoms with Gasteiger partial charge in [0.25, 0.3) is 0 Å². The zero-order valence-corrected chi connectivity index (χ0v) is 21.5. The van der Waals surface area contributed by atoms with E-state index in [9.17, 15) is 13.2 Å². The van der Waals surface area contributed by atoms with Crippen molar-refractivity contribution in [1.29, 1.82) is 0 Å². The Balaban J connectivity index is 1.31. The number of aromatic nitrogens is 2. The molecular weight excluding hydrogens is 558 g/mol. The number of thiocarbonyl (C=S) groups is 1. The van der Waals surface area contributed by atoms with Gasteiger partial charge in [-0.05, 0) is 77.8 Å². The smallest absolute Gasteiger partial charge is 0.406 e. The normalized spacial score (nSPS) is 11.8. The van der Waals surface area contributed by atoms with Crippen molar-refractivity contribution in [2.45, 2.75) is 6.36 Å². The quantitative estimate of drug-likeness (QED) is 0.128. The minimum absolute atomic E-state index is 0.261. The van der Waals surface area contributed by atoms with E-state index < -0.39 is 6.36 Å². The van der Waals surface area contributed by atoms with Gasteiger partial charge in [0.2, 0.25) is 0 Å². The number of rotatable bonds is 5. The highest BCUT2D eigenvalue weighted by Gasteiger charge is 2.31. The average Bonchev–Trinajstić information content (AvgIpc) is 3.30. The molecule has 0 radical (unpaired) electrons. The third kappa shape index (κ3) is 5.83. The summed E-state index contributed by atoms with van der Waals surface area (Å²) in [6.07, 6.45) is -1.48. The number of halogens is 5. The van der Waals surface area contributed by atoms with E-state index in [2.05, 4.69) is 25.6 Å². The van der Waals surface area contributed by atoms with Crippen molar-refractivity contribution in [3.63, 3.8) is 0 Å². The number of fused-ring (bicyclic) bond motifs is 3. The molecule has 0 saturated carbocycles. The van der Waals surface area contributed by atoms with Gasteiger partial charge in [0.15, 0.2) is 5.11 Å². The van der Waals surface area contributed by atoms with Crippen LogP contribution in [0.15, 0.2) is 84.2 Å². The molecule has 0 aliphatic heterocycles. The van der Waals surface area contributed by atoms with E-state index in [-0.39, 0.29) is 10.9 Å². The second-order valence-corrected chi connectivity index (χ2v) is 9.27. The molecule has 0 amide bonds. The van der Waals surface area contributed by atoms with E-state index in [1.54, 1.807) is 47.4 Å². The Labute approximate surface area is 229 Å². The van der Waals surface area contributed by atoms with Crippen LogP contribution in [0, 0.1) is 0 Å². The molecule has 192 valence electrons. The summed E-state index contributed by atoms with van der Waals surface area (Å²) < 4.78 is 43.1. The molecule has 1 heterocycles. The van der Waals surface area contributed by atoms with E-state index in [1.807, 2.05) is 30.3 Å². The van der Waals surface area contributed by atoms with Gasteiger partial charge < -0.3 is 10.1 Å². The van der Waals surface area contributed by atoms with Crippen molar-refractivity contribution in [3.8, 4) is 11.4 Å². The molecule has 2 N–H and O–H groups in total. The minimum atomic E-state index is -4.74. The van der Waals surface area contributed by atoms with E-state index in [0.717, 1.165) is 27.4 Å². The number of nitrogens with zero attached hydrogens (tertiary/aromatic N) is 3. The van der Waals surface area contributed by atoms with Crippen LogP contribution in [0.5, 0.6) is 5.75 Å². The SMILES string of the molecule is FC(F)(F)Oc1ccc(-n2cnc3c4ccc(/C=N/NC(=S)Nc5ccc(Cl)cc5Cl)cc4ccc32)cc1. The first-order chi connectivity index (χ1) is 18.2. The zero-order chi connectivity index (χ0) is 26.9. The van der Waals surface area contributed by atoms with Gasteiger partial charge in [-0.15, -0.1) is 13.2 Å². The molecule has 5 aromatic rings. The van der Waals surface area contributed by atoms with Gasteiger partial charge in [0, 0.05) is 16.1 Å². The summed E-state index contributed by atoms with van der Waals surface area (Å²) in [4.78, 5) is 4.53. The van der Waals surface area contributed by atoms with Gasteiger partial charge in [-0.2, -0.15) is 5.10 Å². The van der Waals surface area contributed by atoms with Crippen molar-refractivity contribution in [3.05, 3.63) is 94.7 Å². The van der Waals surface area contributed by atoms with Crippen LogP contribution in [0.25, 0.3) is 27.5 Å². The van der Waals surface area contributed by atoms with Gasteiger partial charge in [-0.3, -0.25) is 9.99 Å². The number of imidazole rings is 1. The molecule has 38 heavy (non-hydrogen) atoms. The monoisotopic (exact) mass is 573 g/mol. The maximum absolute atomic E-state index is 12.4. The highest BCUT2D eigenvalue weighted by molar-refractivity contribution is 7.80. The summed E-state index contributed by atoms with van der Waals surface area (Å²) >= 11 is 17.3. The molecule has 0 unspecified atom stereocenters. The molecule has 0 saturated heterocycles. The summed E-state index contributed by atoms with van der Waals surface area (Å²) in [6, 6.07) is 20.2. The van der Waals surface area contributed by atoms with E-state index >= 15 is 0 Å². The first kappa shape index (κ1) is 25.8. The molecule has 4 aromatic carbocycles. The highest BCUT2D eigenvalue weighted by atomic mass is 35.5. The van der Waals surface area contributed by atoms with E-state index in [4.69, 9.17) is 35.4 Å². The number of hydrogen-bond donors (Lipinski definition) is 2. The number of alkyl halides is 3. The summed E-state index contributed by atoms with van der Waals surface area (Å²) in [5, 5.41) is 10.2. The molecule has 0 fully saturated rings. The Kier molecular flexibility index (Phi) is 7.11. The lowest BCUT2D eigenvalue weighted by Crippen LogP contribution is -2.24. The lowest BCUT2D eigenvalue weighted by Gasteiger charge is -2.10. The predicted molar refractivity (Wildman–Crippen MR) is 149 cm³/mol. The number of ether oxygens (including phenoxy) is 1.